The number of nitrogens with one attached hydrogen (secondary N) is 2. The van der Waals surface area contributed by atoms with Gasteiger partial charge in [-0.05, 0) is 53.2 Å². The van der Waals surface area contributed by atoms with E-state index in [-0.39, 0.29) is 24.7 Å². The van der Waals surface area contributed by atoms with Crippen molar-refractivity contribution in [3.05, 3.63) is 28.7 Å². The highest BCUT2D eigenvalue weighted by atomic mass is 79.9. The second kappa shape index (κ2) is 8.82. The lowest BCUT2D eigenvalue weighted by Crippen LogP contribution is -2.25. The van der Waals surface area contributed by atoms with Crippen molar-refractivity contribution in [1.82, 2.24) is 5.43 Å². The summed E-state index contributed by atoms with van der Waals surface area (Å²) in [7, 11) is 0. The summed E-state index contributed by atoms with van der Waals surface area (Å²) in [5, 5.41) is 6.99. The molecule has 0 aromatic heterocycles. The van der Waals surface area contributed by atoms with E-state index in [1.54, 1.807) is 6.07 Å². The molecule has 1 aliphatic rings. The van der Waals surface area contributed by atoms with Gasteiger partial charge in [-0.25, -0.2) is 5.43 Å². The van der Waals surface area contributed by atoms with Crippen molar-refractivity contribution in [2.75, 3.05) is 5.32 Å². The van der Waals surface area contributed by atoms with E-state index in [0.29, 0.717) is 11.6 Å². The first-order valence-electron chi connectivity index (χ1n) is 7.96. The van der Waals surface area contributed by atoms with Crippen LogP contribution in [0.1, 0.15) is 45.4 Å². The monoisotopic (exact) mass is 379 g/mol. The summed E-state index contributed by atoms with van der Waals surface area (Å²) in [6.45, 7) is 2.13. The lowest BCUT2D eigenvalue weighted by atomic mass is 9.89. The van der Waals surface area contributed by atoms with Crippen LogP contribution in [0.5, 0.6) is 0 Å². The van der Waals surface area contributed by atoms with E-state index in [1.165, 1.54) is 6.42 Å². The fourth-order valence-electron chi connectivity index (χ4n) is 2.53. The quantitative estimate of drug-likeness (QED) is 0.762. The van der Waals surface area contributed by atoms with Crippen LogP contribution in [0.2, 0.25) is 0 Å². The molecule has 1 saturated carbocycles. The predicted molar refractivity (Wildman–Crippen MR) is 95.2 cm³/mol. The Morgan fingerprint density at radius 1 is 1.22 bits per heavy atom. The summed E-state index contributed by atoms with van der Waals surface area (Å²) in [5.74, 6) is 0.0195. The molecule has 6 heteroatoms. The smallest absolute Gasteiger partial charge is 0.240 e. The first-order valence-corrected chi connectivity index (χ1v) is 8.75. The predicted octanol–water partition coefficient (Wildman–Crippen LogP) is 3.85. The third-order valence-electron chi connectivity index (χ3n) is 3.94. The number of benzene rings is 1. The minimum Gasteiger partial charge on any atom is -0.325 e. The largest absolute Gasteiger partial charge is 0.325 e. The molecular weight excluding hydrogens is 358 g/mol. The highest BCUT2D eigenvalue weighted by Crippen LogP contribution is 2.22. The third kappa shape index (κ3) is 5.78. The maximum atomic E-state index is 11.9. The molecule has 0 aliphatic heterocycles. The van der Waals surface area contributed by atoms with Crippen molar-refractivity contribution in [1.29, 1.82) is 0 Å². The summed E-state index contributed by atoms with van der Waals surface area (Å²) < 4.78 is 0.815. The normalized spacial score (nSPS) is 19.4. The van der Waals surface area contributed by atoms with E-state index in [9.17, 15) is 9.59 Å². The SMILES string of the molecule is C[C@@H]1CCCC/C1=N/NC(=O)CCC(=O)Nc1ccccc1Br. The molecule has 0 saturated heterocycles. The fraction of sp³-hybridized carbons (Fsp3) is 0.471. The molecule has 1 aromatic carbocycles. The Morgan fingerprint density at radius 2 is 1.96 bits per heavy atom. The molecule has 0 unspecified atom stereocenters. The average molecular weight is 380 g/mol. The summed E-state index contributed by atoms with van der Waals surface area (Å²) in [6.07, 6.45) is 4.69. The highest BCUT2D eigenvalue weighted by Gasteiger charge is 2.16. The van der Waals surface area contributed by atoms with E-state index in [1.807, 2.05) is 18.2 Å². The number of hydrogen-bond acceptors (Lipinski definition) is 3. The van der Waals surface area contributed by atoms with Crippen molar-refractivity contribution in [2.45, 2.75) is 45.4 Å². The Kier molecular flexibility index (Phi) is 6.77. The van der Waals surface area contributed by atoms with E-state index in [2.05, 4.69) is 38.7 Å². The number of halogens is 1. The van der Waals surface area contributed by atoms with Crippen molar-refractivity contribution >= 4 is 39.1 Å². The second-order valence-electron chi connectivity index (χ2n) is 5.81. The van der Waals surface area contributed by atoms with Gasteiger partial charge in [0, 0.05) is 23.0 Å². The summed E-state index contributed by atoms with van der Waals surface area (Å²) in [4.78, 5) is 23.7. The average Bonchev–Trinajstić information content (AvgIpc) is 2.54. The van der Waals surface area contributed by atoms with Crippen LogP contribution in [0, 0.1) is 5.92 Å². The van der Waals surface area contributed by atoms with Gasteiger partial charge in [0.25, 0.3) is 0 Å². The molecule has 0 spiro atoms. The molecule has 2 amide bonds. The lowest BCUT2D eigenvalue weighted by molar-refractivity contribution is -0.124. The second-order valence-corrected chi connectivity index (χ2v) is 6.67. The van der Waals surface area contributed by atoms with E-state index in [4.69, 9.17) is 0 Å². The van der Waals surface area contributed by atoms with Gasteiger partial charge >= 0.3 is 0 Å². The molecule has 1 aromatic rings. The summed E-state index contributed by atoms with van der Waals surface area (Å²) in [5.41, 5.74) is 4.33. The van der Waals surface area contributed by atoms with Crippen LogP contribution in [-0.4, -0.2) is 17.5 Å². The first kappa shape index (κ1) is 17.7. The topological polar surface area (TPSA) is 70.6 Å². The van der Waals surface area contributed by atoms with Crippen molar-refractivity contribution in [2.24, 2.45) is 11.0 Å². The van der Waals surface area contributed by atoms with E-state index in [0.717, 1.165) is 29.4 Å². The Bertz CT molecular complexity index is 601. The number of carbonyl (C=O) groups is 2. The van der Waals surface area contributed by atoms with Crippen LogP contribution in [0.15, 0.2) is 33.8 Å². The molecule has 2 rings (SSSR count). The van der Waals surface area contributed by atoms with E-state index < -0.39 is 0 Å². The molecule has 23 heavy (non-hydrogen) atoms. The number of hydrazone groups is 1. The maximum absolute atomic E-state index is 11.9. The molecule has 1 fully saturated rings. The Labute approximate surface area is 145 Å². The van der Waals surface area contributed by atoms with Gasteiger partial charge in [0.2, 0.25) is 11.8 Å². The number of para-hydroxylation sites is 1. The van der Waals surface area contributed by atoms with Gasteiger partial charge in [-0.15, -0.1) is 0 Å². The van der Waals surface area contributed by atoms with Crippen LogP contribution >= 0.6 is 15.9 Å². The first-order chi connectivity index (χ1) is 11.1. The molecule has 2 N–H and O–H groups in total. The number of rotatable bonds is 5. The van der Waals surface area contributed by atoms with Crippen LogP contribution in [0.3, 0.4) is 0 Å². The maximum Gasteiger partial charge on any atom is 0.240 e. The van der Waals surface area contributed by atoms with E-state index >= 15 is 0 Å². The molecule has 124 valence electrons. The number of anilines is 1. The molecule has 5 nitrogen and oxygen atoms in total. The molecule has 0 radical (unpaired) electrons. The molecular formula is C17H22BrN3O2. The third-order valence-corrected chi connectivity index (χ3v) is 4.63. The number of amides is 2. The number of hydrogen-bond donors (Lipinski definition) is 2. The standard InChI is InChI=1S/C17H22BrN3O2/c1-12-6-2-4-8-14(12)20-21-17(23)11-10-16(22)19-15-9-5-3-7-13(15)18/h3,5,7,9,12H,2,4,6,8,10-11H2,1H3,(H,19,22)(H,21,23)/b20-14-/t12-/m1/s1. The van der Waals surface area contributed by atoms with Gasteiger partial charge in [0.1, 0.15) is 0 Å². The van der Waals surface area contributed by atoms with Gasteiger partial charge < -0.3 is 5.32 Å². The Balaban J connectivity index is 1.74. The molecule has 0 bridgehead atoms. The zero-order chi connectivity index (χ0) is 16.7. The Morgan fingerprint density at radius 3 is 2.70 bits per heavy atom. The summed E-state index contributed by atoms with van der Waals surface area (Å²) >= 11 is 3.37. The highest BCUT2D eigenvalue weighted by molar-refractivity contribution is 9.10. The van der Waals surface area contributed by atoms with Crippen LogP contribution in [0.25, 0.3) is 0 Å². The van der Waals surface area contributed by atoms with Crippen LogP contribution < -0.4 is 10.7 Å². The number of nitrogens with zero attached hydrogens (tertiary/aromatic N) is 1. The van der Waals surface area contributed by atoms with Crippen molar-refractivity contribution in [3.8, 4) is 0 Å². The Hall–Kier alpha value is -1.69. The molecule has 0 heterocycles. The van der Waals surface area contributed by atoms with Gasteiger partial charge in [-0.1, -0.05) is 25.5 Å². The van der Waals surface area contributed by atoms with Crippen molar-refractivity contribution in [3.63, 3.8) is 0 Å². The molecule has 1 aliphatic carbocycles. The fourth-order valence-corrected chi connectivity index (χ4v) is 2.91. The minimum absolute atomic E-state index is 0.126. The van der Waals surface area contributed by atoms with Gasteiger partial charge in [0.15, 0.2) is 0 Å². The van der Waals surface area contributed by atoms with Gasteiger partial charge in [-0.3, -0.25) is 9.59 Å². The lowest BCUT2D eigenvalue weighted by Gasteiger charge is -2.19. The minimum atomic E-state index is -0.224. The van der Waals surface area contributed by atoms with Crippen LogP contribution in [0.4, 0.5) is 5.69 Å². The van der Waals surface area contributed by atoms with Gasteiger partial charge in [0.05, 0.1) is 5.69 Å². The summed E-state index contributed by atoms with van der Waals surface area (Å²) in [6, 6.07) is 7.37. The van der Waals surface area contributed by atoms with Crippen molar-refractivity contribution < 1.29 is 9.59 Å². The zero-order valence-corrected chi connectivity index (χ0v) is 14.9. The zero-order valence-electron chi connectivity index (χ0n) is 13.3. The van der Waals surface area contributed by atoms with Crippen LogP contribution in [-0.2, 0) is 9.59 Å². The number of carbonyl (C=O) groups excluding carboxylic acids is 2. The van der Waals surface area contributed by atoms with Gasteiger partial charge in [-0.2, -0.15) is 5.10 Å². The molecule has 1 atom stereocenters.